The zero-order chi connectivity index (χ0) is 13.9. The van der Waals surface area contributed by atoms with Gasteiger partial charge >= 0.3 is 0 Å². The van der Waals surface area contributed by atoms with Crippen molar-refractivity contribution in [1.82, 2.24) is 10.2 Å². The van der Waals surface area contributed by atoms with E-state index in [0.717, 1.165) is 22.6 Å². The first kappa shape index (κ1) is 12.7. The number of benzene rings is 1. The van der Waals surface area contributed by atoms with Gasteiger partial charge < -0.3 is 14.2 Å². The molecule has 0 saturated heterocycles. The van der Waals surface area contributed by atoms with E-state index < -0.39 is 0 Å². The highest BCUT2D eigenvalue weighted by atomic mass is 35.5. The number of anilines is 1. The van der Waals surface area contributed by atoms with Gasteiger partial charge in [-0.15, -0.1) is 10.2 Å². The number of nitrogens with zero attached hydrogens (tertiary/aromatic N) is 2. The Kier molecular flexibility index (Phi) is 3.43. The largest absolute Gasteiger partial charge is 0.448 e. The van der Waals surface area contributed by atoms with E-state index in [-0.39, 0.29) is 0 Å². The predicted octanol–water partition coefficient (Wildman–Crippen LogP) is 3.90. The molecule has 0 aliphatic carbocycles. The van der Waals surface area contributed by atoms with Crippen molar-refractivity contribution in [2.45, 2.75) is 13.5 Å². The van der Waals surface area contributed by atoms with Gasteiger partial charge in [-0.2, -0.15) is 0 Å². The quantitative estimate of drug-likeness (QED) is 0.789. The van der Waals surface area contributed by atoms with Crippen LogP contribution >= 0.6 is 11.6 Å². The molecular formula is C14H12ClN3O2. The molecule has 1 aromatic carbocycles. The molecule has 3 rings (SSSR count). The van der Waals surface area contributed by atoms with Gasteiger partial charge in [-0.1, -0.05) is 6.07 Å². The molecule has 0 bridgehead atoms. The van der Waals surface area contributed by atoms with Gasteiger partial charge in [0.1, 0.15) is 5.76 Å². The third-order valence-corrected chi connectivity index (χ3v) is 3.13. The van der Waals surface area contributed by atoms with E-state index in [1.54, 1.807) is 6.07 Å². The maximum absolute atomic E-state index is 5.74. The molecule has 2 aromatic heterocycles. The van der Waals surface area contributed by atoms with E-state index in [2.05, 4.69) is 15.5 Å². The van der Waals surface area contributed by atoms with Crippen molar-refractivity contribution in [3.63, 3.8) is 0 Å². The second-order valence-electron chi connectivity index (χ2n) is 4.33. The van der Waals surface area contributed by atoms with Crippen molar-refractivity contribution in [2.24, 2.45) is 0 Å². The molecule has 5 nitrogen and oxygen atoms in total. The fourth-order valence-electron chi connectivity index (χ4n) is 1.87. The van der Waals surface area contributed by atoms with Crippen molar-refractivity contribution >= 4 is 17.3 Å². The van der Waals surface area contributed by atoms with Gasteiger partial charge in [0.2, 0.25) is 12.3 Å². The molecule has 0 aliphatic heterocycles. The van der Waals surface area contributed by atoms with Gasteiger partial charge in [-0.25, -0.2) is 0 Å². The van der Waals surface area contributed by atoms with Crippen molar-refractivity contribution < 1.29 is 8.83 Å². The summed E-state index contributed by atoms with van der Waals surface area (Å²) in [5.41, 5.74) is 2.97. The van der Waals surface area contributed by atoms with Gasteiger partial charge in [-0.3, -0.25) is 0 Å². The Morgan fingerprint density at radius 3 is 2.85 bits per heavy atom. The van der Waals surface area contributed by atoms with E-state index in [0.29, 0.717) is 17.7 Å². The Morgan fingerprint density at radius 2 is 2.15 bits per heavy atom. The number of aromatic nitrogens is 2. The number of furan rings is 1. The van der Waals surface area contributed by atoms with Crippen LogP contribution in [0.3, 0.4) is 0 Å². The molecule has 0 fully saturated rings. The highest BCUT2D eigenvalue weighted by molar-refractivity contribution is 6.28. The third kappa shape index (κ3) is 2.67. The smallest absolute Gasteiger partial charge is 0.247 e. The summed E-state index contributed by atoms with van der Waals surface area (Å²) in [7, 11) is 0. The number of aryl methyl sites for hydroxylation is 1. The summed E-state index contributed by atoms with van der Waals surface area (Å²) in [4.78, 5) is 0. The van der Waals surface area contributed by atoms with E-state index in [4.69, 9.17) is 20.4 Å². The molecule has 1 N–H and O–H groups in total. The fourth-order valence-corrected chi connectivity index (χ4v) is 2.04. The minimum Gasteiger partial charge on any atom is -0.448 e. The summed E-state index contributed by atoms with van der Waals surface area (Å²) >= 11 is 5.74. The zero-order valence-electron chi connectivity index (χ0n) is 10.8. The van der Waals surface area contributed by atoms with Crippen LogP contribution in [0.2, 0.25) is 5.22 Å². The zero-order valence-corrected chi connectivity index (χ0v) is 11.5. The van der Waals surface area contributed by atoms with Crippen molar-refractivity contribution in [3.05, 3.63) is 53.3 Å². The SMILES string of the molecule is Cc1ccc(-c2nnco2)cc1NCc1ccc(Cl)o1. The maximum atomic E-state index is 5.74. The highest BCUT2D eigenvalue weighted by Gasteiger charge is 2.07. The van der Waals surface area contributed by atoms with Crippen LogP contribution in [0.15, 0.2) is 45.6 Å². The lowest BCUT2D eigenvalue weighted by molar-refractivity contribution is 0.520. The average Bonchev–Trinajstić information content (AvgIpc) is 3.09. The van der Waals surface area contributed by atoms with E-state index in [1.165, 1.54) is 6.39 Å². The molecule has 0 amide bonds. The summed E-state index contributed by atoms with van der Waals surface area (Å²) in [6.45, 7) is 2.58. The summed E-state index contributed by atoms with van der Waals surface area (Å²) in [6.07, 6.45) is 1.31. The lowest BCUT2D eigenvalue weighted by Gasteiger charge is -2.09. The van der Waals surface area contributed by atoms with Crippen LogP contribution in [-0.4, -0.2) is 10.2 Å². The molecular weight excluding hydrogens is 278 g/mol. The van der Waals surface area contributed by atoms with Crippen LogP contribution in [0.1, 0.15) is 11.3 Å². The Labute approximate surface area is 120 Å². The van der Waals surface area contributed by atoms with Crippen LogP contribution in [0.4, 0.5) is 5.69 Å². The summed E-state index contributed by atoms with van der Waals surface area (Å²) in [5, 5.41) is 11.3. The Bertz CT molecular complexity index is 707. The van der Waals surface area contributed by atoms with Gasteiger partial charge in [0.15, 0.2) is 5.22 Å². The molecule has 102 valence electrons. The molecule has 0 aliphatic rings. The molecule has 0 radical (unpaired) electrons. The second-order valence-corrected chi connectivity index (χ2v) is 4.71. The van der Waals surface area contributed by atoms with E-state index >= 15 is 0 Å². The first-order valence-corrected chi connectivity index (χ1v) is 6.45. The normalized spacial score (nSPS) is 10.7. The van der Waals surface area contributed by atoms with Crippen LogP contribution in [0.5, 0.6) is 0 Å². The summed E-state index contributed by atoms with van der Waals surface area (Å²) in [5.74, 6) is 1.27. The minimum atomic E-state index is 0.387. The van der Waals surface area contributed by atoms with E-state index in [1.807, 2.05) is 31.2 Å². The second kappa shape index (κ2) is 5.38. The summed E-state index contributed by atoms with van der Waals surface area (Å²) in [6, 6.07) is 9.47. The maximum Gasteiger partial charge on any atom is 0.247 e. The molecule has 20 heavy (non-hydrogen) atoms. The molecule has 0 saturated carbocycles. The number of nitrogens with one attached hydrogen (secondary N) is 1. The van der Waals surface area contributed by atoms with Gasteiger partial charge in [0.05, 0.1) is 6.54 Å². The Balaban J connectivity index is 1.80. The molecule has 6 heteroatoms. The lowest BCUT2D eigenvalue weighted by atomic mass is 10.1. The predicted molar refractivity (Wildman–Crippen MR) is 75.5 cm³/mol. The molecule has 3 aromatic rings. The van der Waals surface area contributed by atoms with Gasteiger partial charge in [-0.05, 0) is 48.4 Å². The van der Waals surface area contributed by atoms with Gasteiger partial charge in [0, 0.05) is 11.3 Å². The van der Waals surface area contributed by atoms with E-state index in [9.17, 15) is 0 Å². The molecule has 2 heterocycles. The van der Waals surface area contributed by atoms with Crippen LogP contribution < -0.4 is 5.32 Å². The number of rotatable bonds is 4. The summed E-state index contributed by atoms with van der Waals surface area (Å²) < 4.78 is 10.5. The van der Waals surface area contributed by atoms with Crippen LogP contribution in [0.25, 0.3) is 11.5 Å². The number of halogens is 1. The standard InChI is InChI=1S/C14H12ClN3O2/c1-9-2-3-10(14-18-17-8-19-14)6-12(9)16-7-11-4-5-13(15)20-11/h2-6,8,16H,7H2,1H3. The number of hydrogen-bond donors (Lipinski definition) is 1. The van der Waals surface area contributed by atoms with Crippen molar-refractivity contribution in [1.29, 1.82) is 0 Å². The lowest BCUT2D eigenvalue weighted by Crippen LogP contribution is -2.00. The monoisotopic (exact) mass is 289 g/mol. The van der Waals surface area contributed by atoms with Crippen molar-refractivity contribution in [2.75, 3.05) is 5.32 Å². The third-order valence-electron chi connectivity index (χ3n) is 2.93. The Morgan fingerprint density at radius 1 is 1.25 bits per heavy atom. The first-order valence-electron chi connectivity index (χ1n) is 6.07. The fraction of sp³-hybridized carbons (Fsp3) is 0.143. The first-order chi connectivity index (χ1) is 9.72. The van der Waals surface area contributed by atoms with Crippen LogP contribution in [-0.2, 0) is 6.54 Å². The molecule has 0 unspecified atom stereocenters. The molecule has 0 spiro atoms. The van der Waals surface area contributed by atoms with Gasteiger partial charge in [0.25, 0.3) is 0 Å². The van der Waals surface area contributed by atoms with Crippen LogP contribution in [0, 0.1) is 6.92 Å². The Hall–Kier alpha value is -2.27. The molecule has 0 atom stereocenters. The number of hydrogen-bond acceptors (Lipinski definition) is 5. The highest BCUT2D eigenvalue weighted by Crippen LogP contribution is 2.24. The average molecular weight is 290 g/mol. The van der Waals surface area contributed by atoms with Crippen molar-refractivity contribution in [3.8, 4) is 11.5 Å². The topological polar surface area (TPSA) is 64.1 Å². The minimum absolute atomic E-state index is 0.387.